The minimum absolute atomic E-state index is 0.570. The Morgan fingerprint density at radius 3 is 2.63 bits per heavy atom. The summed E-state index contributed by atoms with van der Waals surface area (Å²) in [6.45, 7) is 6.40. The predicted molar refractivity (Wildman–Crippen MR) is 113 cm³/mol. The van der Waals surface area contributed by atoms with Gasteiger partial charge in [-0.15, -0.1) is 0 Å². The Morgan fingerprint density at radius 2 is 1.93 bits per heavy atom. The van der Waals surface area contributed by atoms with Gasteiger partial charge in [-0.25, -0.2) is 0 Å². The van der Waals surface area contributed by atoms with Gasteiger partial charge in [0.1, 0.15) is 0 Å². The summed E-state index contributed by atoms with van der Waals surface area (Å²) in [5, 5.41) is 16.6. The van der Waals surface area contributed by atoms with Gasteiger partial charge in [0, 0.05) is 36.1 Å². The van der Waals surface area contributed by atoms with Crippen molar-refractivity contribution in [1.29, 1.82) is 0 Å². The Morgan fingerprint density at radius 1 is 1.15 bits per heavy atom. The molecule has 0 atom stereocenters. The maximum Gasteiger partial charge on any atom is 0.171 e. The van der Waals surface area contributed by atoms with Crippen LogP contribution in [-0.2, 0) is 13.1 Å². The summed E-state index contributed by atoms with van der Waals surface area (Å²) in [4.78, 5) is 0. The van der Waals surface area contributed by atoms with Crippen molar-refractivity contribution in [3.05, 3.63) is 64.6 Å². The second-order valence-electron chi connectivity index (χ2n) is 6.41. The lowest BCUT2D eigenvalue weighted by Crippen LogP contribution is -2.30. The van der Waals surface area contributed by atoms with Crippen LogP contribution < -0.4 is 10.6 Å². The lowest BCUT2D eigenvalue weighted by Gasteiger charge is -2.09. The number of aryl methyl sites for hydroxylation is 3. The van der Waals surface area contributed by atoms with Gasteiger partial charge >= 0.3 is 0 Å². The van der Waals surface area contributed by atoms with Crippen molar-refractivity contribution in [3.63, 3.8) is 0 Å². The third kappa shape index (κ3) is 5.80. The van der Waals surface area contributed by atoms with Gasteiger partial charge in [-0.1, -0.05) is 23.7 Å². The standard InChI is InChI=1S/C19H23ClN6S/c1-14-12-15(2)26(23-14)10-3-9-21-19(27)22-18-8-11-25(24-18)13-16-4-6-17(20)7-5-16/h4-8,11-12H,3,9-10,13H2,1-2H3,(H2,21,22,24,27). The van der Waals surface area contributed by atoms with Crippen molar-refractivity contribution < 1.29 is 0 Å². The Bertz CT molecular complexity index is 899. The highest BCUT2D eigenvalue weighted by Gasteiger charge is 2.04. The molecule has 0 saturated heterocycles. The van der Waals surface area contributed by atoms with Gasteiger partial charge in [0.25, 0.3) is 0 Å². The summed E-state index contributed by atoms with van der Waals surface area (Å²) in [7, 11) is 0. The lowest BCUT2D eigenvalue weighted by molar-refractivity contribution is 0.558. The van der Waals surface area contributed by atoms with Gasteiger partial charge in [0.05, 0.1) is 12.2 Å². The molecule has 6 nitrogen and oxygen atoms in total. The van der Waals surface area contributed by atoms with Crippen LogP contribution in [0.25, 0.3) is 0 Å². The topological polar surface area (TPSA) is 59.7 Å². The number of aromatic nitrogens is 4. The molecular formula is C19H23ClN6S. The monoisotopic (exact) mass is 402 g/mol. The van der Waals surface area contributed by atoms with E-state index in [4.69, 9.17) is 23.8 Å². The molecule has 27 heavy (non-hydrogen) atoms. The average molecular weight is 403 g/mol. The minimum Gasteiger partial charge on any atom is -0.362 e. The summed E-state index contributed by atoms with van der Waals surface area (Å²) >= 11 is 11.3. The maximum absolute atomic E-state index is 5.91. The Hall–Kier alpha value is -2.38. The highest BCUT2D eigenvalue weighted by molar-refractivity contribution is 7.80. The molecule has 8 heteroatoms. The van der Waals surface area contributed by atoms with E-state index in [2.05, 4.69) is 33.8 Å². The van der Waals surface area contributed by atoms with Gasteiger partial charge < -0.3 is 10.6 Å². The quantitative estimate of drug-likeness (QED) is 0.465. The number of nitrogens with zero attached hydrogens (tertiary/aromatic N) is 4. The molecule has 0 aliphatic carbocycles. The number of hydrogen-bond acceptors (Lipinski definition) is 3. The van der Waals surface area contributed by atoms with Gasteiger partial charge in [-0.05, 0) is 56.2 Å². The molecule has 3 aromatic rings. The van der Waals surface area contributed by atoms with Crippen LogP contribution in [0.2, 0.25) is 5.02 Å². The van der Waals surface area contributed by atoms with E-state index < -0.39 is 0 Å². The van der Waals surface area contributed by atoms with Crippen LogP contribution >= 0.6 is 23.8 Å². The van der Waals surface area contributed by atoms with E-state index in [9.17, 15) is 0 Å². The predicted octanol–water partition coefficient (Wildman–Crippen LogP) is 3.77. The number of anilines is 1. The first-order chi connectivity index (χ1) is 13.0. The van der Waals surface area contributed by atoms with Gasteiger partial charge in [0.2, 0.25) is 0 Å². The molecule has 0 aliphatic heterocycles. The highest BCUT2D eigenvalue weighted by atomic mass is 35.5. The van der Waals surface area contributed by atoms with E-state index in [1.807, 2.05) is 52.8 Å². The van der Waals surface area contributed by atoms with Crippen LogP contribution in [0.5, 0.6) is 0 Å². The number of rotatable bonds is 7. The fourth-order valence-corrected chi connectivity index (χ4v) is 3.12. The fraction of sp³-hybridized carbons (Fsp3) is 0.316. The van der Waals surface area contributed by atoms with Crippen molar-refractivity contribution in [2.24, 2.45) is 0 Å². The summed E-state index contributed by atoms with van der Waals surface area (Å²) in [6, 6.07) is 11.7. The Balaban J connectivity index is 1.41. The van der Waals surface area contributed by atoms with E-state index in [0.29, 0.717) is 11.7 Å². The van der Waals surface area contributed by atoms with E-state index in [0.717, 1.165) is 41.6 Å². The van der Waals surface area contributed by atoms with Crippen molar-refractivity contribution in [2.75, 3.05) is 11.9 Å². The van der Waals surface area contributed by atoms with Crippen LogP contribution in [0, 0.1) is 13.8 Å². The van der Waals surface area contributed by atoms with E-state index in [1.165, 1.54) is 5.69 Å². The molecule has 1 aromatic carbocycles. The summed E-state index contributed by atoms with van der Waals surface area (Å²) < 4.78 is 3.88. The zero-order valence-electron chi connectivity index (χ0n) is 15.4. The number of benzene rings is 1. The fourth-order valence-electron chi connectivity index (χ4n) is 2.79. The van der Waals surface area contributed by atoms with E-state index >= 15 is 0 Å². The molecule has 0 fully saturated rings. The molecule has 0 saturated carbocycles. The molecule has 3 rings (SSSR count). The maximum atomic E-state index is 5.91. The molecule has 0 spiro atoms. The molecule has 0 bridgehead atoms. The van der Waals surface area contributed by atoms with Gasteiger partial charge in [-0.3, -0.25) is 9.36 Å². The molecular weight excluding hydrogens is 380 g/mol. The largest absolute Gasteiger partial charge is 0.362 e. The van der Waals surface area contributed by atoms with E-state index in [1.54, 1.807) is 0 Å². The first kappa shape index (κ1) is 19.4. The number of nitrogens with one attached hydrogen (secondary N) is 2. The highest BCUT2D eigenvalue weighted by Crippen LogP contribution is 2.11. The van der Waals surface area contributed by atoms with Gasteiger partial charge in [0.15, 0.2) is 10.9 Å². The molecule has 2 aromatic heterocycles. The molecule has 0 aliphatic rings. The molecule has 0 unspecified atom stereocenters. The zero-order chi connectivity index (χ0) is 19.2. The minimum atomic E-state index is 0.570. The summed E-state index contributed by atoms with van der Waals surface area (Å²) in [5.41, 5.74) is 3.37. The molecule has 142 valence electrons. The van der Waals surface area contributed by atoms with Crippen LogP contribution in [0.3, 0.4) is 0 Å². The second-order valence-corrected chi connectivity index (χ2v) is 7.25. The molecule has 2 N–H and O–H groups in total. The third-order valence-electron chi connectivity index (χ3n) is 4.08. The van der Waals surface area contributed by atoms with Crippen LogP contribution in [-0.4, -0.2) is 31.2 Å². The van der Waals surface area contributed by atoms with Gasteiger partial charge in [-0.2, -0.15) is 10.2 Å². The van der Waals surface area contributed by atoms with Crippen LogP contribution in [0.1, 0.15) is 23.4 Å². The Kier molecular flexibility index (Phi) is 6.47. The van der Waals surface area contributed by atoms with Crippen LogP contribution in [0.15, 0.2) is 42.6 Å². The molecule has 0 radical (unpaired) electrons. The first-order valence-electron chi connectivity index (χ1n) is 8.83. The van der Waals surface area contributed by atoms with Crippen LogP contribution in [0.4, 0.5) is 5.82 Å². The van der Waals surface area contributed by atoms with Crippen molar-refractivity contribution in [2.45, 2.75) is 33.4 Å². The smallest absolute Gasteiger partial charge is 0.171 e. The van der Waals surface area contributed by atoms with E-state index in [-0.39, 0.29) is 0 Å². The molecule has 2 heterocycles. The average Bonchev–Trinajstić information content (AvgIpc) is 3.19. The lowest BCUT2D eigenvalue weighted by atomic mass is 10.2. The summed E-state index contributed by atoms with van der Waals surface area (Å²) in [6.07, 6.45) is 2.86. The zero-order valence-corrected chi connectivity index (χ0v) is 17.0. The SMILES string of the molecule is Cc1cc(C)n(CCCNC(=S)Nc2ccn(Cc3ccc(Cl)cc3)n2)n1. The normalized spacial score (nSPS) is 10.8. The number of thiocarbonyl (C=S) groups is 1. The van der Waals surface area contributed by atoms with Crippen molar-refractivity contribution >= 4 is 34.7 Å². The first-order valence-corrected chi connectivity index (χ1v) is 9.62. The number of halogens is 1. The Labute approximate surface area is 169 Å². The van der Waals surface area contributed by atoms with Crippen molar-refractivity contribution in [3.8, 4) is 0 Å². The summed E-state index contributed by atoms with van der Waals surface area (Å²) in [5.74, 6) is 0.722. The van der Waals surface area contributed by atoms with Crippen molar-refractivity contribution in [1.82, 2.24) is 24.9 Å². The number of hydrogen-bond donors (Lipinski definition) is 2. The molecule has 0 amide bonds. The second kappa shape index (κ2) is 9.01. The third-order valence-corrected chi connectivity index (χ3v) is 4.57.